The van der Waals surface area contributed by atoms with E-state index in [0.717, 1.165) is 25.6 Å². The molecule has 0 spiro atoms. The molecule has 2 N–H and O–H groups in total. The third-order valence-electron chi connectivity index (χ3n) is 3.60. The molecule has 1 saturated heterocycles. The van der Waals surface area contributed by atoms with Crippen molar-refractivity contribution >= 4 is 5.91 Å². The van der Waals surface area contributed by atoms with Crippen LogP contribution in [0.15, 0.2) is 18.5 Å². The van der Waals surface area contributed by atoms with Gasteiger partial charge in [-0.2, -0.15) is 0 Å². The molecule has 1 aliphatic heterocycles. The summed E-state index contributed by atoms with van der Waals surface area (Å²) in [6.45, 7) is 2.02. The highest BCUT2D eigenvalue weighted by atomic mass is 16.3. The first-order valence-corrected chi connectivity index (χ1v) is 6.41. The molecule has 1 aliphatic carbocycles. The van der Waals surface area contributed by atoms with Gasteiger partial charge >= 0.3 is 0 Å². The van der Waals surface area contributed by atoms with E-state index in [4.69, 9.17) is 0 Å². The SMILES string of the molecule is O=C(NC1CCN(C2CC2)C1)c1cncc(O)c1. The number of carbonyl (C=O) groups excluding carboxylic acids is 1. The van der Waals surface area contributed by atoms with Gasteiger partial charge in [0, 0.05) is 31.4 Å². The van der Waals surface area contributed by atoms with Gasteiger partial charge in [0.2, 0.25) is 0 Å². The Hall–Kier alpha value is -1.62. The van der Waals surface area contributed by atoms with E-state index in [1.54, 1.807) is 0 Å². The summed E-state index contributed by atoms with van der Waals surface area (Å²) in [5.41, 5.74) is 0.417. The maximum Gasteiger partial charge on any atom is 0.253 e. The van der Waals surface area contributed by atoms with Gasteiger partial charge in [-0.25, -0.2) is 0 Å². The Balaban J connectivity index is 1.58. The minimum absolute atomic E-state index is 0.0219. The summed E-state index contributed by atoms with van der Waals surface area (Å²) < 4.78 is 0. The lowest BCUT2D eigenvalue weighted by molar-refractivity contribution is 0.0936. The van der Waals surface area contributed by atoms with E-state index in [9.17, 15) is 9.90 Å². The molecule has 5 heteroatoms. The van der Waals surface area contributed by atoms with Gasteiger partial charge in [-0.05, 0) is 25.3 Å². The summed E-state index contributed by atoms with van der Waals surface area (Å²) >= 11 is 0. The molecule has 5 nitrogen and oxygen atoms in total. The predicted molar refractivity (Wildman–Crippen MR) is 66.4 cm³/mol. The Morgan fingerprint density at radius 3 is 2.94 bits per heavy atom. The van der Waals surface area contributed by atoms with Crippen molar-refractivity contribution in [1.29, 1.82) is 0 Å². The number of aromatic hydroxyl groups is 1. The van der Waals surface area contributed by atoms with Crippen LogP contribution in [0.4, 0.5) is 0 Å². The molecule has 0 radical (unpaired) electrons. The second-order valence-corrected chi connectivity index (χ2v) is 5.12. The minimum atomic E-state index is -0.152. The predicted octanol–water partition coefficient (Wildman–Crippen LogP) is 0.754. The second-order valence-electron chi connectivity index (χ2n) is 5.12. The fourth-order valence-electron chi connectivity index (χ4n) is 2.50. The fraction of sp³-hybridized carbons (Fsp3) is 0.538. The molecule has 18 heavy (non-hydrogen) atoms. The Morgan fingerprint density at radius 2 is 2.22 bits per heavy atom. The van der Waals surface area contributed by atoms with Crippen LogP contribution in [0.3, 0.4) is 0 Å². The lowest BCUT2D eigenvalue weighted by Gasteiger charge is -2.15. The zero-order valence-electron chi connectivity index (χ0n) is 10.2. The van der Waals surface area contributed by atoms with Crippen LogP contribution in [0.2, 0.25) is 0 Å². The number of aromatic nitrogens is 1. The van der Waals surface area contributed by atoms with Crippen LogP contribution in [0.25, 0.3) is 0 Å². The maximum absolute atomic E-state index is 12.0. The standard InChI is InChI=1S/C13H17N3O2/c17-12-5-9(6-14-7-12)13(18)15-10-3-4-16(8-10)11-1-2-11/h5-7,10-11,17H,1-4,8H2,(H,15,18). The Bertz CT molecular complexity index is 459. The average Bonchev–Trinajstić information content (AvgIpc) is 3.11. The van der Waals surface area contributed by atoms with Crippen LogP contribution >= 0.6 is 0 Å². The molecule has 2 aliphatic rings. The van der Waals surface area contributed by atoms with E-state index < -0.39 is 0 Å². The number of nitrogens with one attached hydrogen (secondary N) is 1. The number of rotatable bonds is 3. The fourth-order valence-corrected chi connectivity index (χ4v) is 2.50. The molecule has 1 saturated carbocycles. The van der Waals surface area contributed by atoms with E-state index in [1.807, 2.05) is 0 Å². The number of nitrogens with zero attached hydrogens (tertiary/aromatic N) is 2. The third kappa shape index (κ3) is 2.46. The molecule has 0 bridgehead atoms. The lowest BCUT2D eigenvalue weighted by atomic mass is 10.2. The number of hydrogen-bond donors (Lipinski definition) is 2. The summed E-state index contributed by atoms with van der Waals surface area (Å²) in [7, 11) is 0. The van der Waals surface area contributed by atoms with Crippen LogP contribution in [0.5, 0.6) is 5.75 Å². The zero-order chi connectivity index (χ0) is 12.5. The molecule has 1 aromatic rings. The molecule has 3 rings (SSSR count). The monoisotopic (exact) mass is 247 g/mol. The molecule has 1 amide bonds. The van der Waals surface area contributed by atoms with Crippen molar-refractivity contribution in [2.45, 2.75) is 31.3 Å². The van der Waals surface area contributed by atoms with Crippen LogP contribution in [0, 0.1) is 0 Å². The highest BCUT2D eigenvalue weighted by Crippen LogP contribution is 2.29. The first-order valence-electron chi connectivity index (χ1n) is 6.41. The number of pyridine rings is 1. The topological polar surface area (TPSA) is 65.5 Å². The van der Waals surface area contributed by atoms with E-state index >= 15 is 0 Å². The molecule has 2 heterocycles. The summed E-state index contributed by atoms with van der Waals surface area (Å²) in [6.07, 6.45) is 6.41. The Kier molecular flexibility index (Phi) is 2.91. The van der Waals surface area contributed by atoms with E-state index in [0.29, 0.717) is 5.56 Å². The molecule has 1 atom stereocenters. The van der Waals surface area contributed by atoms with Crippen molar-refractivity contribution in [3.63, 3.8) is 0 Å². The molecule has 0 aromatic carbocycles. The van der Waals surface area contributed by atoms with E-state index in [1.165, 1.54) is 31.3 Å². The minimum Gasteiger partial charge on any atom is -0.506 e. The van der Waals surface area contributed by atoms with E-state index in [2.05, 4.69) is 15.2 Å². The molecule has 96 valence electrons. The van der Waals surface area contributed by atoms with Gasteiger partial charge in [0.1, 0.15) is 5.75 Å². The summed E-state index contributed by atoms with van der Waals surface area (Å²) in [5, 5.41) is 12.3. The number of likely N-dealkylation sites (tertiary alicyclic amines) is 1. The van der Waals surface area contributed by atoms with Gasteiger partial charge in [-0.15, -0.1) is 0 Å². The molecular weight excluding hydrogens is 230 g/mol. The normalized spacial score (nSPS) is 24.1. The van der Waals surface area contributed by atoms with Crippen molar-refractivity contribution in [3.05, 3.63) is 24.0 Å². The highest BCUT2D eigenvalue weighted by Gasteiger charge is 2.34. The largest absolute Gasteiger partial charge is 0.506 e. The van der Waals surface area contributed by atoms with Crippen molar-refractivity contribution in [2.75, 3.05) is 13.1 Å². The molecule has 1 unspecified atom stereocenters. The van der Waals surface area contributed by atoms with Gasteiger partial charge in [-0.1, -0.05) is 0 Å². The second kappa shape index (κ2) is 4.57. The first kappa shape index (κ1) is 11.5. The Morgan fingerprint density at radius 1 is 1.39 bits per heavy atom. The van der Waals surface area contributed by atoms with Crippen LogP contribution in [-0.4, -0.2) is 46.1 Å². The first-order chi connectivity index (χ1) is 8.72. The number of carbonyl (C=O) groups is 1. The van der Waals surface area contributed by atoms with Crippen molar-refractivity contribution in [2.24, 2.45) is 0 Å². The van der Waals surface area contributed by atoms with Gasteiger partial charge in [-0.3, -0.25) is 14.7 Å². The number of amides is 1. The molecule has 1 aromatic heterocycles. The summed E-state index contributed by atoms with van der Waals surface area (Å²) in [6, 6.07) is 2.42. The molecule has 2 fully saturated rings. The quantitative estimate of drug-likeness (QED) is 0.827. The average molecular weight is 247 g/mol. The smallest absolute Gasteiger partial charge is 0.253 e. The van der Waals surface area contributed by atoms with Crippen LogP contribution < -0.4 is 5.32 Å². The third-order valence-corrected chi connectivity index (χ3v) is 3.60. The number of hydrogen-bond acceptors (Lipinski definition) is 4. The zero-order valence-corrected chi connectivity index (χ0v) is 10.2. The van der Waals surface area contributed by atoms with E-state index in [-0.39, 0.29) is 17.7 Å². The van der Waals surface area contributed by atoms with Gasteiger partial charge < -0.3 is 10.4 Å². The van der Waals surface area contributed by atoms with Crippen molar-refractivity contribution in [1.82, 2.24) is 15.2 Å². The Labute approximate surface area is 106 Å². The van der Waals surface area contributed by atoms with Crippen LogP contribution in [-0.2, 0) is 0 Å². The van der Waals surface area contributed by atoms with Crippen molar-refractivity contribution < 1.29 is 9.90 Å². The highest BCUT2D eigenvalue weighted by molar-refractivity contribution is 5.94. The van der Waals surface area contributed by atoms with Crippen molar-refractivity contribution in [3.8, 4) is 5.75 Å². The van der Waals surface area contributed by atoms with Crippen LogP contribution in [0.1, 0.15) is 29.6 Å². The lowest BCUT2D eigenvalue weighted by Crippen LogP contribution is -2.37. The van der Waals surface area contributed by atoms with Gasteiger partial charge in [0.05, 0.1) is 11.8 Å². The maximum atomic E-state index is 12.0. The van der Waals surface area contributed by atoms with Gasteiger partial charge in [0.25, 0.3) is 5.91 Å². The summed E-state index contributed by atoms with van der Waals surface area (Å²) in [5.74, 6) is -0.130. The van der Waals surface area contributed by atoms with Gasteiger partial charge in [0.15, 0.2) is 0 Å². The molecular formula is C13H17N3O2. The summed E-state index contributed by atoms with van der Waals surface area (Å²) in [4.78, 5) is 18.2.